The maximum atomic E-state index is 10.5. The van der Waals surface area contributed by atoms with Gasteiger partial charge in [-0.2, -0.15) is 0 Å². The number of rotatable bonds is 1. The fraction of sp³-hybridized carbons (Fsp3) is 0.667. The van der Waals surface area contributed by atoms with Crippen molar-refractivity contribution in [3.63, 3.8) is 0 Å². The number of hydrogen-bond donors (Lipinski definition) is 0. The van der Waals surface area contributed by atoms with E-state index in [2.05, 4.69) is 23.9 Å². The predicted molar refractivity (Wildman–Crippen MR) is 68.0 cm³/mol. The summed E-state index contributed by atoms with van der Waals surface area (Å²) in [7, 11) is 2.20. The summed E-state index contributed by atoms with van der Waals surface area (Å²) >= 11 is 1.37. The van der Waals surface area contributed by atoms with Crippen molar-refractivity contribution >= 4 is 17.1 Å². The van der Waals surface area contributed by atoms with Gasteiger partial charge in [-0.05, 0) is 38.9 Å². The van der Waals surface area contributed by atoms with Crippen LogP contribution in [-0.2, 0) is 0 Å². The summed E-state index contributed by atoms with van der Waals surface area (Å²) in [6.45, 7) is 6.47. The van der Waals surface area contributed by atoms with E-state index >= 15 is 0 Å². The highest BCUT2D eigenvalue weighted by Crippen LogP contribution is 2.13. The third-order valence-corrected chi connectivity index (χ3v) is 3.61. The zero-order valence-corrected chi connectivity index (χ0v) is 11.1. The number of nitrogens with zero attached hydrogens (tertiary/aromatic N) is 2. The molecule has 0 N–H and O–H groups in total. The van der Waals surface area contributed by atoms with Gasteiger partial charge in [-0.3, -0.25) is 4.79 Å². The molecule has 16 heavy (non-hydrogen) atoms. The number of ketones is 1. The maximum Gasteiger partial charge on any atom is 0.188 e. The lowest BCUT2D eigenvalue weighted by Crippen LogP contribution is -2.28. The molecule has 0 saturated carbocycles. The Morgan fingerprint density at radius 2 is 2.12 bits per heavy atom. The highest BCUT2D eigenvalue weighted by molar-refractivity contribution is 7.11. The molecule has 0 bridgehead atoms. The molecule has 1 aliphatic heterocycles. The van der Waals surface area contributed by atoms with E-state index in [1.165, 1.54) is 44.2 Å². The van der Waals surface area contributed by atoms with Crippen LogP contribution in [0.2, 0.25) is 0 Å². The van der Waals surface area contributed by atoms with Crippen LogP contribution in [0.4, 0.5) is 0 Å². The summed E-state index contributed by atoms with van der Waals surface area (Å²) < 4.78 is 0. The molecule has 0 spiro atoms. The van der Waals surface area contributed by atoms with Gasteiger partial charge in [0.05, 0.1) is 0 Å². The quantitative estimate of drug-likeness (QED) is 0.708. The van der Waals surface area contributed by atoms with E-state index in [1.807, 2.05) is 0 Å². The van der Waals surface area contributed by atoms with Crippen molar-refractivity contribution in [2.45, 2.75) is 26.7 Å². The van der Waals surface area contributed by atoms with Crippen molar-refractivity contribution in [2.75, 3.05) is 20.1 Å². The second-order valence-corrected chi connectivity index (χ2v) is 5.27. The number of Topliss-reactive ketones (excluding diaryl/α,β-unsaturated/α-hetero) is 1. The largest absolute Gasteiger partial charge is 0.306 e. The number of carbonyl (C=O) groups is 1. The Morgan fingerprint density at radius 3 is 2.44 bits per heavy atom. The Bertz CT molecular complexity index is 293. The standard InChI is InChI=1S/C7H15N.C5H5NOS/c1-7-3-5-8(2)6-4-7;1-4(7)5-6-2-3-8-5/h7H,3-6H2,1-2H3;2-3H,1H3. The normalized spacial score (nSPS) is 17.7. The average molecular weight is 240 g/mol. The molecule has 0 radical (unpaired) electrons. The third kappa shape index (κ3) is 4.86. The van der Waals surface area contributed by atoms with Gasteiger partial charge in [0, 0.05) is 18.5 Å². The molecule has 2 heterocycles. The Labute approximate surface area is 101 Å². The summed E-state index contributed by atoms with van der Waals surface area (Å²) in [5.41, 5.74) is 0. The molecule has 1 aromatic heterocycles. The Balaban J connectivity index is 0.000000160. The molecule has 1 saturated heterocycles. The highest BCUT2D eigenvalue weighted by atomic mass is 32.1. The first-order valence-corrected chi connectivity index (χ1v) is 6.56. The van der Waals surface area contributed by atoms with Gasteiger partial charge in [0.15, 0.2) is 10.8 Å². The smallest absolute Gasteiger partial charge is 0.188 e. The molecule has 0 amide bonds. The van der Waals surface area contributed by atoms with Crippen LogP contribution >= 0.6 is 11.3 Å². The van der Waals surface area contributed by atoms with Crippen LogP contribution in [0.5, 0.6) is 0 Å². The minimum absolute atomic E-state index is 0.0417. The molecule has 0 aliphatic carbocycles. The van der Waals surface area contributed by atoms with Crippen molar-refractivity contribution in [3.8, 4) is 0 Å². The van der Waals surface area contributed by atoms with Crippen molar-refractivity contribution < 1.29 is 4.79 Å². The Hall–Kier alpha value is -0.740. The minimum Gasteiger partial charge on any atom is -0.306 e. The second kappa shape index (κ2) is 6.76. The van der Waals surface area contributed by atoms with E-state index in [1.54, 1.807) is 11.6 Å². The summed E-state index contributed by atoms with van der Waals surface area (Å²) in [6, 6.07) is 0. The van der Waals surface area contributed by atoms with Crippen LogP contribution in [0.1, 0.15) is 36.5 Å². The van der Waals surface area contributed by atoms with Crippen molar-refractivity contribution in [1.82, 2.24) is 9.88 Å². The topological polar surface area (TPSA) is 33.2 Å². The molecule has 0 atom stereocenters. The highest BCUT2D eigenvalue weighted by Gasteiger charge is 2.10. The zero-order valence-electron chi connectivity index (χ0n) is 10.3. The molecular weight excluding hydrogens is 220 g/mol. The van der Waals surface area contributed by atoms with Gasteiger partial charge in [0.2, 0.25) is 0 Å². The predicted octanol–water partition coefficient (Wildman–Crippen LogP) is 2.69. The summed E-state index contributed by atoms with van der Waals surface area (Å²) in [4.78, 5) is 16.6. The number of likely N-dealkylation sites (tertiary alicyclic amines) is 1. The third-order valence-electron chi connectivity index (χ3n) is 2.74. The molecule has 0 aromatic carbocycles. The van der Waals surface area contributed by atoms with Crippen molar-refractivity contribution in [3.05, 3.63) is 16.6 Å². The number of carbonyl (C=O) groups excluding carboxylic acids is 1. The number of hydrogen-bond acceptors (Lipinski definition) is 4. The number of aromatic nitrogens is 1. The monoisotopic (exact) mass is 240 g/mol. The van der Waals surface area contributed by atoms with Crippen LogP contribution in [0.25, 0.3) is 0 Å². The summed E-state index contributed by atoms with van der Waals surface area (Å²) in [5.74, 6) is 1.02. The number of thiazole rings is 1. The molecule has 1 fully saturated rings. The van der Waals surface area contributed by atoms with Gasteiger partial charge in [-0.1, -0.05) is 6.92 Å². The van der Waals surface area contributed by atoms with E-state index in [4.69, 9.17) is 0 Å². The van der Waals surface area contributed by atoms with Gasteiger partial charge in [0.25, 0.3) is 0 Å². The minimum atomic E-state index is 0.0417. The first-order chi connectivity index (χ1) is 7.59. The lowest BCUT2D eigenvalue weighted by molar-refractivity contribution is 0.101. The van der Waals surface area contributed by atoms with Crippen LogP contribution in [-0.4, -0.2) is 35.8 Å². The lowest BCUT2D eigenvalue weighted by atomic mass is 10.00. The van der Waals surface area contributed by atoms with Crippen LogP contribution in [0.15, 0.2) is 11.6 Å². The van der Waals surface area contributed by atoms with Crippen LogP contribution in [0, 0.1) is 5.92 Å². The lowest BCUT2D eigenvalue weighted by Gasteiger charge is -2.26. The molecule has 1 aliphatic rings. The van der Waals surface area contributed by atoms with Crippen LogP contribution in [0.3, 0.4) is 0 Å². The van der Waals surface area contributed by atoms with Crippen molar-refractivity contribution in [1.29, 1.82) is 0 Å². The summed E-state index contributed by atoms with van der Waals surface area (Å²) in [5, 5.41) is 2.38. The first kappa shape index (κ1) is 13.3. The van der Waals surface area contributed by atoms with E-state index < -0.39 is 0 Å². The second-order valence-electron chi connectivity index (χ2n) is 4.38. The first-order valence-electron chi connectivity index (χ1n) is 5.68. The van der Waals surface area contributed by atoms with Gasteiger partial charge in [-0.15, -0.1) is 11.3 Å². The van der Waals surface area contributed by atoms with Gasteiger partial charge >= 0.3 is 0 Å². The fourth-order valence-electron chi connectivity index (χ4n) is 1.54. The maximum absolute atomic E-state index is 10.5. The van der Waals surface area contributed by atoms with E-state index in [0.29, 0.717) is 5.01 Å². The molecule has 4 heteroatoms. The van der Waals surface area contributed by atoms with E-state index in [-0.39, 0.29) is 5.78 Å². The zero-order chi connectivity index (χ0) is 12.0. The molecule has 90 valence electrons. The molecule has 2 rings (SSSR count). The average Bonchev–Trinajstić information content (AvgIpc) is 2.77. The SMILES string of the molecule is CC(=O)c1nccs1.CC1CCN(C)CC1. The molecule has 1 aromatic rings. The van der Waals surface area contributed by atoms with Crippen molar-refractivity contribution in [2.24, 2.45) is 5.92 Å². The molecule has 3 nitrogen and oxygen atoms in total. The van der Waals surface area contributed by atoms with Crippen LogP contribution < -0.4 is 0 Å². The van der Waals surface area contributed by atoms with E-state index in [0.717, 1.165) is 5.92 Å². The van der Waals surface area contributed by atoms with Gasteiger partial charge < -0.3 is 4.90 Å². The number of piperidine rings is 1. The fourth-order valence-corrected chi connectivity index (χ4v) is 2.07. The summed E-state index contributed by atoms with van der Waals surface area (Å²) in [6.07, 6.45) is 4.42. The molecular formula is C12H20N2OS. The Kier molecular flexibility index (Phi) is 5.63. The Morgan fingerprint density at radius 1 is 1.50 bits per heavy atom. The van der Waals surface area contributed by atoms with E-state index in [9.17, 15) is 4.79 Å². The van der Waals surface area contributed by atoms with Gasteiger partial charge in [-0.25, -0.2) is 4.98 Å². The van der Waals surface area contributed by atoms with Gasteiger partial charge in [0.1, 0.15) is 0 Å². The molecule has 0 unspecified atom stereocenters.